The Labute approximate surface area is 200 Å². The van der Waals surface area contributed by atoms with Crippen LogP contribution in [0.5, 0.6) is 0 Å². The van der Waals surface area contributed by atoms with E-state index in [1.54, 1.807) is 0 Å². The van der Waals surface area contributed by atoms with Crippen molar-refractivity contribution in [2.45, 2.75) is 83.6 Å². The standard InChI is InChI=1S/C24H38N4O6/c1-5-9-17(25)21(30)26-19(13-16-10-7-6-8-11-16)22(31)27-18(12-14(2)3)23(32)28-20(15(4)29)24(33)34/h6-8,10-11,14-15,17-20,29H,5,9,12-13,25H2,1-4H3,(H,26,30)(H,27,31)(H,28,32)(H,33,34). The van der Waals surface area contributed by atoms with Crippen molar-refractivity contribution in [1.82, 2.24) is 16.0 Å². The Balaban J connectivity index is 3.09. The van der Waals surface area contributed by atoms with Gasteiger partial charge in [-0.2, -0.15) is 0 Å². The number of nitrogens with one attached hydrogen (secondary N) is 3. The number of carboxylic acids is 1. The van der Waals surface area contributed by atoms with Crippen LogP contribution in [0.25, 0.3) is 0 Å². The van der Waals surface area contributed by atoms with Crippen LogP contribution in [0.15, 0.2) is 30.3 Å². The molecular weight excluding hydrogens is 440 g/mol. The molecule has 0 saturated heterocycles. The van der Waals surface area contributed by atoms with Crippen molar-refractivity contribution in [3.8, 4) is 0 Å². The summed E-state index contributed by atoms with van der Waals surface area (Å²) in [6.07, 6.45) is 0.236. The third-order valence-corrected chi connectivity index (χ3v) is 5.24. The number of aliphatic carboxylic acids is 1. The smallest absolute Gasteiger partial charge is 0.328 e. The first-order chi connectivity index (χ1) is 16.0. The van der Waals surface area contributed by atoms with Gasteiger partial charge in [-0.25, -0.2) is 4.79 Å². The van der Waals surface area contributed by atoms with Gasteiger partial charge in [0.1, 0.15) is 12.1 Å². The van der Waals surface area contributed by atoms with E-state index in [2.05, 4.69) is 16.0 Å². The first kappa shape index (κ1) is 29.1. The third kappa shape index (κ3) is 9.88. The highest BCUT2D eigenvalue weighted by molar-refractivity contribution is 5.94. The summed E-state index contributed by atoms with van der Waals surface area (Å²) in [5, 5.41) is 26.6. The Morgan fingerprint density at radius 1 is 0.912 bits per heavy atom. The van der Waals surface area contributed by atoms with E-state index in [-0.39, 0.29) is 18.8 Å². The van der Waals surface area contributed by atoms with Crippen LogP contribution in [0, 0.1) is 5.92 Å². The Morgan fingerprint density at radius 3 is 1.97 bits per heavy atom. The molecule has 34 heavy (non-hydrogen) atoms. The van der Waals surface area contributed by atoms with Crippen molar-refractivity contribution in [1.29, 1.82) is 0 Å². The minimum Gasteiger partial charge on any atom is -0.480 e. The lowest BCUT2D eigenvalue weighted by molar-refractivity contribution is -0.145. The zero-order valence-corrected chi connectivity index (χ0v) is 20.3. The highest BCUT2D eigenvalue weighted by Gasteiger charge is 2.32. The van der Waals surface area contributed by atoms with Crippen molar-refractivity contribution in [3.05, 3.63) is 35.9 Å². The molecule has 0 aromatic heterocycles. The van der Waals surface area contributed by atoms with E-state index >= 15 is 0 Å². The molecule has 3 amide bonds. The molecule has 1 rings (SSSR count). The average Bonchev–Trinajstić information content (AvgIpc) is 2.76. The summed E-state index contributed by atoms with van der Waals surface area (Å²) in [6, 6.07) is 4.74. The number of benzene rings is 1. The second-order valence-electron chi connectivity index (χ2n) is 8.90. The van der Waals surface area contributed by atoms with Crippen LogP contribution >= 0.6 is 0 Å². The molecule has 190 valence electrons. The van der Waals surface area contributed by atoms with Gasteiger partial charge >= 0.3 is 5.97 Å². The molecule has 5 atom stereocenters. The zero-order chi connectivity index (χ0) is 25.8. The minimum atomic E-state index is -1.52. The molecule has 0 spiro atoms. The molecule has 1 aromatic carbocycles. The Bertz CT molecular complexity index is 815. The number of carbonyl (C=O) groups is 4. The summed E-state index contributed by atoms with van der Waals surface area (Å²) in [4.78, 5) is 49.9. The summed E-state index contributed by atoms with van der Waals surface area (Å²) >= 11 is 0. The second kappa shape index (κ2) is 14.3. The van der Waals surface area contributed by atoms with E-state index in [0.717, 1.165) is 5.56 Å². The predicted octanol–water partition coefficient (Wildman–Crippen LogP) is 0.322. The maximum Gasteiger partial charge on any atom is 0.328 e. The van der Waals surface area contributed by atoms with Crippen molar-refractivity contribution < 1.29 is 29.4 Å². The highest BCUT2D eigenvalue weighted by Crippen LogP contribution is 2.09. The van der Waals surface area contributed by atoms with Crippen LogP contribution < -0.4 is 21.7 Å². The van der Waals surface area contributed by atoms with E-state index in [4.69, 9.17) is 5.73 Å². The van der Waals surface area contributed by atoms with Crippen molar-refractivity contribution in [2.24, 2.45) is 11.7 Å². The fourth-order valence-corrected chi connectivity index (χ4v) is 3.40. The van der Waals surface area contributed by atoms with E-state index < -0.39 is 54.0 Å². The Morgan fingerprint density at radius 2 is 1.47 bits per heavy atom. The largest absolute Gasteiger partial charge is 0.480 e. The highest BCUT2D eigenvalue weighted by atomic mass is 16.4. The summed E-state index contributed by atoms with van der Waals surface area (Å²) in [6.45, 7) is 6.85. The second-order valence-corrected chi connectivity index (χ2v) is 8.90. The first-order valence-electron chi connectivity index (χ1n) is 11.6. The number of hydrogen-bond acceptors (Lipinski definition) is 6. The van der Waals surface area contributed by atoms with Crippen LogP contribution in [0.2, 0.25) is 0 Å². The summed E-state index contributed by atoms with van der Waals surface area (Å²) in [7, 11) is 0. The van der Waals surface area contributed by atoms with Gasteiger partial charge < -0.3 is 31.9 Å². The molecule has 10 nitrogen and oxygen atoms in total. The third-order valence-electron chi connectivity index (χ3n) is 5.24. The molecule has 5 unspecified atom stereocenters. The quantitative estimate of drug-likeness (QED) is 0.223. The van der Waals surface area contributed by atoms with Gasteiger partial charge in [-0.05, 0) is 31.2 Å². The Kier molecular flexibility index (Phi) is 12.2. The number of nitrogens with two attached hydrogens (primary N) is 1. The summed E-state index contributed by atoms with van der Waals surface area (Å²) in [5.41, 5.74) is 6.71. The Hall–Kier alpha value is -2.98. The van der Waals surface area contributed by atoms with Crippen LogP contribution in [-0.4, -0.2) is 64.2 Å². The average molecular weight is 479 g/mol. The monoisotopic (exact) mass is 478 g/mol. The minimum absolute atomic E-state index is 0.00832. The van der Waals surface area contributed by atoms with Crippen LogP contribution in [0.3, 0.4) is 0 Å². The van der Waals surface area contributed by atoms with E-state index in [0.29, 0.717) is 12.8 Å². The van der Waals surface area contributed by atoms with Gasteiger partial charge in [-0.15, -0.1) is 0 Å². The number of carbonyl (C=O) groups excluding carboxylic acids is 3. The van der Waals surface area contributed by atoms with E-state index in [1.165, 1.54) is 6.92 Å². The van der Waals surface area contributed by atoms with Gasteiger partial charge in [-0.1, -0.05) is 57.5 Å². The molecular formula is C24H38N4O6. The lowest BCUT2D eigenvalue weighted by atomic mass is 10.00. The molecule has 0 radical (unpaired) electrons. The van der Waals surface area contributed by atoms with Crippen LogP contribution in [0.1, 0.15) is 52.5 Å². The SMILES string of the molecule is CCCC(N)C(=O)NC(Cc1ccccc1)C(=O)NC(CC(C)C)C(=O)NC(C(=O)O)C(C)O. The van der Waals surface area contributed by atoms with Crippen molar-refractivity contribution in [3.63, 3.8) is 0 Å². The first-order valence-corrected chi connectivity index (χ1v) is 11.6. The normalized spacial score (nSPS) is 15.5. The van der Waals surface area contributed by atoms with Gasteiger partial charge in [0, 0.05) is 6.42 Å². The maximum absolute atomic E-state index is 13.2. The zero-order valence-electron chi connectivity index (χ0n) is 20.3. The summed E-state index contributed by atoms with van der Waals surface area (Å²) < 4.78 is 0. The van der Waals surface area contributed by atoms with Crippen molar-refractivity contribution >= 4 is 23.7 Å². The lowest BCUT2D eigenvalue weighted by Gasteiger charge is -2.26. The number of aliphatic hydroxyl groups is 1. The molecule has 0 aliphatic rings. The van der Waals surface area contributed by atoms with Gasteiger partial charge in [0.05, 0.1) is 12.1 Å². The van der Waals surface area contributed by atoms with Crippen LogP contribution in [0.4, 0.5) is 0 Å². The number of hydrogen-bond donors (Lipinski definition) is 6. The van der Waals surface area contributed by atoms with E-state index in [9.17, 15) is 29.4 Å². The number of amides is 3. The molecule has 0 bridgehead atoms. The van der Waals surface area contributed by atoms with Gasteiger partial charge in [0.25, 0.3) is 0 Å². The van der Waals surface area contributed by atoms with Crippen molar-refractivity contribution in [2.75, 3.05) is 0 Å². The molecule has 0 aliphatic heterocycles. The molecule has 0 saturated carbocycles. The number of rotatable bonds is 14. The van der Waals surface area contributed by atoms with Gasteiger partial charge in [0.2, 0.25) is 17.7 Å². The fourth-order valence-electron chi connectivity index (χ4n) is 3.40. The molecule has 7 N–H and O–H groups in total. The van der Waals surface area contributed by atoms with Gasteiger partial charge in [0.15, 0.2) is 6.04 Å². The predicted molar refractivity (Wildman–Crippen MR) is 128 cm³/mol. The number of aliphatic hydroxyl groups excluding tert-OH is 1. The molecule has 0 heterocycles. The molecule has 0 fully saturated rings. The van der Waals surface area contributed by atoms with Crippen LogP contribution in [-0.2, 0) is 25.6 Å². The van der Waals surface area contributed by atoms with Gasteiger partial charge in [-0.3, -0.25) is 14.4 Å². The molecule has 0 aliphatic carbocycles. The maximum atomic E-state index is 13.2. The lowest BCUT2D eigenvalue weighted by Crippen LogP contribution is -2.58. The summed E-state index contributed by atoms with van der Waals surface area (Å²) in [5.74, 6) is -3.19. The molecule has 10 heteroatoms. The molecule has 1 aromatic rings. The fraction of sp³-hybridized carbons (Fsp3) is 0.583. The topological polar surface area (TPSA) is 171 Å². The van der Waals surface area contributed by atoms with E-state index in [1.807, 2.05) is 51.1 Å². The number of carboxylic acid groups (broad SMARTS) is 1.